The van der Waals surface area contributed by atoms with Gasteiger partial charge < -0.3 is 10.2 Å². The monoisotopic (exact) mass is 292 g/mol. The van der Waals surface area contributed by atoms with Gasteiger partial charge >= 0.3 is 0 Å². The number of allylic oxidation sites excluding steroid dienone is 1. The van der Waals surface area contributed by atoms with Crippen molar-refractivity contribution in [1.29, 1.82) is 0 Å². The first-order valence-electron chi connectivity index (χ1n) is 9.30. The van der Waals surface area contributed by atoms with Crippen molar-refractivity contribution in [2.24, 2.45) is 0 Å². The SMILES string of the molecule is CCCNC(C1=CCCCCC1)C1(N(C)C)CCCCC1. The van der Waals surface area contributed by atoms with Gasteiger partial charge in [0.15, 0.2) is 0 Å². The third-order valence-corrected chi connectivity index (χ3v) is 5.69. The average molecular weight is 293 g/mol. The lowest BCUT2D eigenvalue weighted by Gasteiger charge is -2.50. The maximum Gasteiger partial charge on any atom is 0.0466 e. The fraction of sp³-hybridized carbons (Fsp3) is 0.895. The predicted octanol–water partition coefficient (Wildman–Crippen LogP) is 4.51. The third-order valence-electron chi connectivity index (χ3n) is 5.69. The summed E-state index contributed by atoms with van der Waals surface area (Å²) in [5.74, 6) is 0. The van der Waals surface area contributed by atoms with Crippen LogP contribution in [0.25, 0.3) is 0 Å². The van der Waals surface area contributed by atoms with E-state index < -0.39 is 0 Å². The first kappa shape index (κ1) is 17.0. The Morgan fingerprint density at radius 3 is 2.48 bits per heavy atom. The summed E-state index contributed by atoms with van der Waals surface area (Å²) in [6.07, 6.45) is 17.6. The lowest BCUT2D eigenvalue weighted by Crippen LogP contribution is -2.60. The van der Waals surface area contributed by atoms with E-state index in [-0.39, 0.29) is 0 Å². The van der Waals surface area contributed by atoms with Crippen molar-refractivity contribution < 1.29 is 0 Å². The zero-order chi connectivity index (χ0) is 15.1. The molecule has 0 aliphatic heterocycles. The summed E-state index contributed by atoms with van der Waals surface area (Å²) in [7, 11) is 4.62. The van der Waals surface area contributed by atoms with Crippen LogP contribution in [0, 0.1) is 0 Å². The third kappa shape index (κ3) is 4.10. The molecule has 0 aromatic rings. The minimum Gasteiger partial charge on any atom is -0.309 e. The first-order chi connectivity index (χ1) is 10.2. The van der Waals surface area contributed by atoms with Crippen molar-refractivity contribution in [3.63, 3.8) is 0 Å². The molecule has 2 heteroatoms. The van der Waals surface area contributed by atoms with Gasteiger partial charge in [0.05, 0.1) is 0 Å². The molecule has 1 fully saturated rings. The first-order valence-corrected chi connectivity index (χ1v) is 9.30. The second-order valence-corrected chi connectivity index (χ2v) is 7.32. The molecule has 21 heavy (non-hydrogen) atoms. The molecule has 1 atom stereocenters. The van der Waals surface area contributed by atoms with E-state index in [2.05, 4.69) is 37.3 Å². The number of likely N-dealkylation sites (N-methyl/N-ethyl adjacent to an activating group) is 1. The molecule has 2 nitrogen and oxygen atoms in total. The van der Waals surface area contributed by atoms with Crippen molar-refractivity contribution in [1.82, 2.24) is 10.2 Å². The number of nitrogens with zero attached hydrogens (tertiary/aromatic N) is 1. The van der Waals surface area contributed by atoms with Gasteiger partial charge in [-0.05, 0) is 65.6 Å². The van der Waals surface area contributed by atoms with E-state index in [1.807, 2.05) is 0 Å². The fourth-order valence-electron chi connectivity index (χ4n) is 4.41. The number of hydrogen-bond donors (Lipinski definition) is 1. The van der Waals surface area contributed by atoms with E-state index in [4.69, 9.17) is 0 Å². The fourth-order valence-corrected chi connectivity index (χ4v) is 4.41. The van der Waals surface area contributed by atoms with Crippen LogP contribution in [0.3, 0.4) is 0 Å². The molecule has 0 aromatic carbocycles. The number of hydrogen-bond acceptors (Lipinski definition) is 2. The zero-order valence-corrected chi connectivity index (χ0v) is 14.6. The van der Waals surface area contributed by atoms with Crippen LogP contribution in [0.1, 0.15) is 77.6 Å². The molecule has 0 spiro atoms. The average Bonchev–Trinajstić information content (AvgIpc) is 2.77. The van der Waals surface area contributed by atoms with E-state index in [1.54, 1.807) is 5.57 Å². The van der Waals surface area contributed by atoms with Gasteiger partial charge in [-0.15, -0.1) is 0 Å². The molecule has 1 N–H and O–H groups in total. The summed E-state index contributed by atoms with van der Waals surface area (Å²) in [6.45, 7) is 3.44. The molecule has 1 unspecified atom stereocenters. The highest BCUT2D eigenvalue weighted by atomic mass is 15.2. The van der Waals surface area contributed by atoms with E-state index >= 15 is 0 Å². The van der Waals surface area contributed by atoms with Crippen LogP contribution >= 0.6 is 0 Å². The smallest absolute Gasteiger partial charge is 0.0466 e. The van der Waals surface area contributed by atoms with Gasteiger partial charge in [0.1, 0.15) is 0 Å². The number of rotatable bonds is 6. The van der Waals surface area contributed by atoms with Crippen molar-refractivity contribution >= 4 is 0 Å². The maximum absolute atomic E-state index is 3.95. The van der Waals surface area contributed by atoms with Crippen molar-refractivity contribution in [2.75, 3.05) is 20.6 Å². The van der Waals surface area contributed by atoms with Crippen LogP contribution < -0.4 is 5.32 Å². The molecule has 0 saturated heterocycles. The molecule has 2 rings (SSSR count). The lowest BCUT2D eigenvalue weighted by atomic mass is 9.72. The van der Waals surface area contributed by atoms with Gasteiger partial charge in [0.2, 0.25) is 0 Å². The molecule has 2 aliphatic carbocycles. The van der Waals surface area contributed by atoms with Gasteiger partial charge in [-0.3, -0.25) is 0 Å². The van der Waals surface area contributed by atoms with E-state index in [1.165, 1.54) is 70.6 Å². The molecule has 0 bridgehead atoms. The summed E-state index contributed by atoms with van der Waals surface area (Å²) in [5.41, 5.74) is 2.07. The van der Waals surface area contributed by atoms with Crippen molar-refractivity contribution in [2.45, 2.75) is 89.1 Å². The van der Waals surface area contributed by atoms with Crippen LogP contribution in [0.4, 0.5) is 0 Å². The number of nitrogens with one attached hydrogen (secondary N) is 1. The Morgan fingerprint density at radius 2 is 1.81 bits per heavy atom. The molecule has 2 aliphatic rings. The Balaban J connectivity index is 2.24. The predicted molar refractivity (Wildman–Crippen MR) is 92.8 cm³/mol. The minimum absolute atomic E-state index is 0.351. The Hall–Kier alpha value is -0.340. The quantitative estimate of drug-likeness (QED) is 0.725. The molecular weight excluding hydrogens is 256 g/mol. The summed E-state index contributed by atoms with van der Waals surface area (Å²) < 4.78 is 0. The molecule has 0 aromatic heterocycles. The Bertz CT molecular complexity index is 326. The Kier molecular flexibility index (Phi) is 6.75. The minimum atomic E-state index is 0.351. The second kappa shape index (κ2) is 8.33. The Labute approximate surface area is 132 Å². The standard InChI is InChI=1S/C19H36N2/c1-4-16-20-18(17-12-8-5-6-9-13-17)19(21(2)3)14-10-7-11-15-19/h12,18,20H,4-11,13-16H2,1-3H3. The van der Waals surface area contributed by atoms with Crippen molar-refractivity contribution in [3.05, 3.63) is 11.6 Å². The van der Waals surface area contributed by atoms with E-state index in [9.17, 15) is 0 Å². The molecule has 0 radical (unpaired) electrons. The second-order valence-electron chi connectivity index (χ2n) is 7.32. The topological polar surface area (TPSA) is 15.3 Å². The lowest BCUT2D eigenvalue weighted by molar-refractivity contribution is 0.0685. The normalized spacial score (nSPS) is 24.5. The largest absolute Gasteiger partial charge is 0.309 e. The van der Waals surface area contributed by atoms with Crippen LogP contribution in [0.15, 0.2) is 11.6 Å². The van der Waals surface area contributed by atoms with E-state index in [0.717, 1.165) is 6.54 Å². The molecular formula is C19H36N2. The van der Waals surface area contributed by atoms with Gasteiger partial charge in [-0.25, -0.2) is 0 Å². The molecule has 0 amide bonds. The highest BCUT2D eigenvalue weighted by Crippen LogP contribution is 2.39. The zero-order valence-electron chi connectivity index (χ0n) is 14.6. The van der Waals surface area contributed by atoms with Crippen LogP contribution in [0.2, 0.25) is 0 Å². The van der Waals surface area contributed by atoms with Gasteiger partial charge in [0, 0.05) is 11.6 Å². The van der Waals surface area contributed by atoms with Crippen LogP contribution in [0.5, 0.6) is 0 Å². The van der Waals surface area contributed by atoms with Crippen LogP contribution in [-0.2, 0) is 0 Å². The molecule has 122 valence electrons. The summed E-state index contributed by atoms with van der Waals surface area (Å²) in [6, 6.07) is 0.575. The van der Waals surface area contributed by atoms with E-state index in [0.29, 0.717) is 11.6 Å². The summed E-state index contributed by atoms with van der Waals surface area (Å²) in [4.78, 5) is 2.55. The van der Waals surface area contributed by atoms with Gasteiger partial charge in [-0.1, -0.05) is 44.3 Å². The van der Waals surface area contributed by atoms with Crippen LogP contribution in [-0.4, -0.2) is 37.1 Å². The van der Waals surface area contributed by atoms with Gasteiger partial charge in [-0.2, -0.15) is 0 Å². The maximum atomic E-state index is 3.95. The molecule has 0 heterocycles. The highest BCUT2D eigenvalue weighted by Gasteiger charge is 2.42. The highest BCUT2D eigenvalue weighted by molar-refractivity contribution is 5.21. The summed E-state index contributed by atoms with van der Waals surface area (Å²) in [5, 5.41) is 3.95. The molecule has 1 saturated carbocycles. The summed E-state index contributed by atoms with van der Waals surface area (Å²) >= 11 is 0. The van der Waals surface area contributed by atoms with Crippen molar-refractivity contribution in [3.8, 4) is 0 Å². The van der Waals surface area contributed by atoms with Gasteiger partial charge in [0.25, 0.3) is 0 Å². The Morgan fingerprint density at radius 1 is 1.10 bits per heavy atom.